The van der Waals surface area contributed by atoms with Crippen LogP contribution in [0.25, 0.3) is 0 Å². The number of aliphatic imine (C=N–C) groups is 1. The fourth-order valence-corrected chi connectivity index (χ4v) is 2.29. The van der Waals surface area contributed by atoms with E-state index in [0.29, 0.717) is 0 Å². The first-order valence-electron chi connectivity index (χ1n) is 7.16. The topological polar surface area (TPSA) is 15.6 Å². The van der Waals surface area contributed by atoms with Gasteiger partial charge in [0, 0.05) is 26.1 Å². The Hall–Kier alpha value is 0.0674. The molecule has 0 aromatic heterocycles. The van der Waals surface area contributed by atoms with Crippen LogP contribution in [0.2, 0.25) is 5.09 Å². The van der Waals surface area contributed by atoms with Crippen molar-refractivity contribution in [2.24, 2.45) is 4.99 Å². The Morgan fingerprint density at radius 3 is 2.69 bits per heavy atom. The molecule has 0 bridgehead atoms. The molecule has 2 aliphatic heterocycles. The van der Waals surface area contributed by atoms with Gasteiger partial charge in [-0.25, -0.2) is 0 Å². The SMILES string of the molecule is C1CCC2=NCCCN2CC1.[Li][CH2]CCC. The summed E-state index contributed by atoms with van der Waals surface area (Å²) in [6.45, 7) is 5.81. The van der Waals surface area contributed by atoms with Crippen LogP contribution in [-0.2, 0) is 0 Å². The molecule has 1 fully saturated rings. The molecule has 88 valence electrons. The Kier molecular flexibility index (Phi) is 8.07. The maximum atomic E-state index is 4.55. The molecule has 2 nitrogen and oxygen atoms in total. The van der Waals surface area contributed by atoms with Crippen LogP contribution in [0.4, 0.5) is 0 Å². The van der Waals surface area contributed by atoms with Crippen molar-refractivity contribution in [3.63, 3.8) is 0 Å². The average Bonchev–Trinajstić information content (AvgIpc) is 2.56. The predicted octanol–water partition coefficient (Wildman–Crippen LogP) is 3.04. The molecule has 0 amide bonds. The molecule has 0 aromatic rings. The van der Waals surface area contributed by atoms with E-state index in [1.165, 1.54) is 69.0 Å². The molecule has 0 aromatic carbocycles. The van der Waals surface area contributed by atoms with Crippen LogP contribution in [0.3, 0.4) is 0 Å². The van der Waals surface area contributed by atoms with Crippen LogP contribution in [0.1, 0.15) is 51.9 Å². The zero-order chi connectivity index (χ0) is 11.6. The standard InChI is InChI=1S/C9H16N2.C4H9.Li/c1-2-5-9-10-6-4-8-11(9)7-3-1;1-3-4-2;/h1-8H2;1,3-4H2,2H3;. The number of amidine groups is 1. The van der Waals surface area contributed by atoms with Crippen molar-refractivity contribution in [1.82, 2.24) is 4.90 Å². The monoisotopic (exact) mass is 216 g/mol. The molecule has 2 aliphatic rings. The van der Waals surface area contributed by atoms with Gasteiger partial charge in [-0.3, -0.25) is 4.99 Å². The Bertz CT molecular complexity index is 202. The Balaban J connectivity index is 0.000000221. The van der Waals surface area contributed by atoms with Gasteiger partial charge in [-0.1, -0.05) is 6.42 Å². The van der Waals surface area contributed by atoms with Gasteiger partial charge in [0.15, 0.2) is 0 Å². The van der Waals surface area contributed by atoms with Crippen molar-refractivity contribution >= 4 is 23.6 Å². The molecule has 0 aliphatic carbocycles. The third-order valence-electron chi connectivity index (χ3n) is 3.28. The molecular formula is C13H25LiN2. The molecule has 3 heteroatoms. The van der Waals surface area contributed by atoms with Crippen LogP contribution in [-0.4, -0.2) is 48.1 Å². The van der Waals surface area contributed by atoms with Crippen LogP contribution in [0, 0.1) is 0 Å². The van der Waals surface area contributed by atoms with Crippen LogP contribution in [0.5, 0.6) is 0 Å². The number of unbranched alkanes of at least 4 members (excludes halogenated alkanes) is 1. The van der Waals surface area contributed by atoms with Gasteiger partial charge in [-0.15, -0.1) is 0 Å². The zero-order valence-electron chi connectivity index (χ0n) is 11.2. The van der Waals surface area contributed by atoms with Crippen molar-refractivity contribution < 1.29 is 0 Å². The molecule has 0 saturated carbocycles. The molecule has 2 heterocycles. The molecule has 0 atom stereocenters. The first kappa shape index (κ1) is 14.1. The van der Waals surface area contributed by atoms with E-state index in [4.69, 9.17) is 0 Å². The molecule has 2 rings (SSSR count). The number of hydrogen-bond acceptors (Lipinski definition) is 2. The van der Waals surface area contributed by atoms with Gasteiger partial charge in [0.2, 0.25) is 0 Å². The van der Waals surface area contributed by atoms with Gasteiger partial charge in [-0.05, 0) is 19.3 Å². The summed E-state index contributed by atoms with van der Waals surface area (Å²) in [4.78, 5) is 7.04. The summed E-state index contributed by atoms with van der Waals surface area (Å²) in [6.07, 6.45) is 9.36. The van der Waals surface area contributed by atoms with Crippen LogP contribution < -0.4 is 0 Å². The molecule has 0 unspecified atom stereocenters. The second-order valence-electron chi connectivity index (χ2n) is 4.80. The zero-order valence-corrected chi connectivity index (χ0v) is 11.2. The first-order chi connectivity index (χ1) is 7.88. The Labute approximate surface area is 110 Å². The first-order valence-corrected chi connectivity index (χ1v) is 7.16. The van der Waals surface area contributed by atoms with Crippen molar-refractivity contribution in [2.45, 2.75) is 57.0 Å². The van der Waals surface area contributed by atoms with Gasteiger partial charge >= 0.3 is 42.6 Å². The van der Waals surface area contributed by atoms with Crippen molar-refractivity contribution in [3.05, 3.63) is 0 Å². The number of rotatable bonds is 2. The second-order valence-corrected chi connectivity index (χ2v) is 4.80. The maximum absolute atomic E-state index is 4.55. The van der Waals surface area contributed by atoms with Gasteiger partial charge < -0.3 is 4.90 Å². The third kappa shape index (κ3) is 5.41. The molecule has 0 spiro atoms. The van der Waals surface area contributed by atoms with Crippen molar-refractivity contribution in [2.75, 3.05) is 19.6 Å². The van der Waals surface area contributed by atoms with E-state index >= 15 is 0 Å². The summed E-state index contributed by atoms with van der Waals surface area (Å²) >= 11 is 2.21. The average molecular weight is 216 g/mol. The summed E-state index contributed by atoms with van der Waals surface area (Å²) in [7, 11) is 0. The Morgan fingerprint density at radius 1 is 1.19 bits per heavy atom. The number of nitrogens with zero attached hydrogens (tertiary/aromatic N) is 2. The molecule has 1 saturated heterocycles. The van der Waals surface area contributed by atoms with Crippen LogP contribution in [0.15, 0.2) is 4.99 Å². The van der Waals surface area contributed by atoms with E-state index in [0.717, 1.165) is 6.54 Å². The summed E-state index contributed by atoms with van der Waals surface area (Å²) in [5.74, 6) is 1.40. The second kappa shape index (κ2) is 9.13. The number of hydrogen-bond donors (Lipinski definition) is 0. The quantitative estimate of drug-likeness (QED) is 0.648. The third-order valence-corrected chi connectivity index (χ3v) is 3.28. The normalized spacial score (nSPS) is 20.2. The van der Waals surface area contributed by atoms with E-state index in [1.807, 2.05) is 0 Å². The summed E-state index contributed by atoms with van der Waals surface area (Å²) < 4.78 is 0. The van der Waals surface area contributed by atoms with Crippen LogP contribution >= 0.6 is 0 Å². The minimum absolute atomic E-state index is 1.08. The molecule has 16 heavy (non-hydrogen) atoms. The number of fused-ring (bicyclic) bond motifs is 1. The fraction of sp³-hybridized carbons (Fsp3) is 0.923. The summed E-state index contributed by atoms with van der Waals surface area (Å²) in [6, 6.07) is 0. The van der Waals surface area contributed by atoms with E-state index < -0.39 is 0 Å². The van der Waals surface area contributed by atoms with E-state index in [9.17, 15) is 0 Å². The van der Waals surface area contributed by atoms with Gasteiger partial charge in [0.05, 0.1) is 5.84 Å². The summed E-state index contributed by atoms with van der Waals surface area (Å²) in [5, 5.41) is 1.34. The molecule has 0 N–H and O–H groups in total. The Morgan fingerprint density at radius 2 is 2.00 bits per heavy atom. The van der Waals surface area contributed by atoms with Gasteiger partial charge in [-0.2, -0.15) is 0 Å². The van der Waals surface area contributed by atoms with E-state index in [2.05, 4.69) is 34.5 Å². The summed E-state index contributed by atoms with van der Waals surface area (Å²) in [5.41, 5.74) is 0. The van der Waals surface area contributed by atoms with Crippen molar-refractivity contribution in [3.8, 4) is 0 Å². The fourth-order valence-electron chi connectivity index (χ4n) is 2.29. The van der Waals surface area contributed by atoms with Gasteiger partial charge in [0.1, 0.15) is 0 Å². The van der Waals surface area contributed by atoms with Gasteiger partial charge in [0.25, 0.3) is 0 Å². The van der Waals surface area contributed by atoms with E-state index in [-0.39, 0.29) is 0 Å². The predicted molar refractivity (Wildman–Crippen MR) is 72.4 cm³/mol. The van der Waals surface area contributed by atoms with Crippen molar-refractivity contribution in [1.29, 1.82) is 0 Å². The van der Waals surface area contributed by atoms with E-state index in [1.54, 1.807) is 0 Å². The molecule has 0 radical (unpaired) electrons. The molecular weight excluding hydrogens is 191 g/mol. The minimum atomic E-state index is 1.08.